The normalized spacial score (nSPS) is 16.8. The molecule has 0 spiro atoms. The molecule has 1 fully saturated rings. The van der Waals surface area contributed by atoms with Gasteiger partial charge in [-0.25, -0.2) is 9.37 Å². The molecule has 1 saturated heterocycles. The van der Waals surface area contributed by atoms with Crippen molar-refractivity contribution in [1.29, 1.82) is 0 Å². The summed E-state index contributed by atoms with van der Waals surface area (Å²) in [4.78, 5) is 21.0. The van der Waals surface area contributed by atoms with Crippen LogP contribution in [0, 0.1) is 5.82 Å². The van der Waals surface area contributed by atoms with E-state index >= 15 is 0 Å². The Morgan fingerprint density at radius 3 is 2.66 bits per heavy atom. The number of carbonyl (C=O) groups excluding carboxylic acids is 1. The summed E-state index contributed by atoms with van der Waals surface area (Å²) in [6.45, 7) is 10.5. The number of hydrogen-bond donors (Lipinski definition) is 2. The Morgan fingerprint density at radius 2 is 2.00 bits per heavy atom. The van der Waals surface area contributed by atoms with Gasteiger partial charge in [0, 0.05) is 38.4 Å². The second-order valence-electron chi connectivity index (χ2n) is 8.86. The highest BCUT2D eigenvalue weighted by Gasteiger charge is 2.22. The minimum atomic E-state index is -0.554. The minimum Gasteiger partial charge on any atom is -0.447 e. The maximum Gasteiger partial charge on any atom is 0.277 e. The van der Waals surface area contributed by atoms with E-state index in [9.17, 15) is 14.3 Å². The van der Waals surface area contributed by atoms with E-state index in [-0.39, 0.29) is 16.3 Å². The molecule has 1 aliphatic heterocycles. The first-order chi connectivity index (χ1) is 15.1. The summed E-state index contributed by atoms with van der Waals surface area (Å²) in [6, 6.07) is 3.94. The van der Waals surface area contributed by atoms with Crippen LogP contribution in [0.15, 0.2) is 28.9 Å². The summed E-state index contributed by atoms with van der Waals surface area (Å²) in [5.41, 5.74) is 0.246. The number of nitrogens with zero attached hydrogens (tertiary/aromatic N) is 3. The second-order valence-corrected chi connectivity index (χ2v) is 9.27. The zero-order valence-electron chi connectivity index (χ0n) is 18.6. The van der Waals surface area contributed by atoms with E-state index in [0.29, 0.717) is 31.3 Å². The molecule has 2 N–H and O–H groups in total. The number of aliphatic hydroxyl groups excluding tert-OH is 1. The predicted molar refractivity (Wildman–Crippen MR) is 119 cm³/mol. The van der Waals surface area contributed by atoms with Gasteiger partial charge in [-0.3, -0.25) is 14.6 Å². The first kappa shape index (κ1) is 24.6. The van der Waals surface area contributed by atoms with Crippen LogP contribution in [-0.2, 0) is 11.3 Å². The largest absolute Gasteiger partial charge is 0.447 e. The first-order valence-corrected chi connectivity index (χ1v) is 10.9. The molecule has 176 valence electrons. The molecule has 8 nitrogen and oxygen atoms in total. The fraction of sp³-hybridized carbons (Fsp3) is 0.545. The molecule has 2 heterocycles. The highest BCUT2D eigenvalue weighted by atomic mass is 35.5. The van der Waals surface area contributed by atoms with Gasteiger partial charge in [-0.15, -0.1) is 0 Å². The third-order valence-corrected chi connectivity index (χ3v) is 5.25. The van der Waals surface area contributed by atoms with Crippen LogP contribution in [0.5, 0.6) is 0 Å². The molecular weight excluding hydrogens is 439 g/mol. The van der Waals surface area contributed by atoms with Crippen LogP contribution >= 0.6 is 11.6 Å². The van der Waals surface area contributed by atoms with Crippen molar-refractivity contribution in [3.05, 3.63) is 46.9 Å². The quantitative estimate of drug-likeness (QED) is 0.615. The number of hydrogen-bond acceptors (Lipinski definition) is 7. The number of β-amino-alcohol motifs (C(OH)–C–C–N with tert-alkyl or cyclic N) is 1. The lowest BCUT2D eigenvalue weighted by Gasteiger charge is -2.35. The van der Waals surface area contributed by atoms with Gasteiger partial charge in [-0.05, 0) is 39.0 Å². The van der Waals surface area contributed by atoms with Gasteiger partial charge in [0.15, 0.2) is 5.69 Å². The molecular formula is C22H30ClFN4O4. The molecule has 1 atom stereocenters. The number of rotatable bonds is 8. The van der Waals surface area contributed by atoms with Crippen molar-refractivity contribution in [2.24, 2.45) is 0 Å². The van der Waals surface area contributed by atoms with Crippen molar-refractivity contribution >= 4 is 23.2 Å². The topological polar surface area (TPSA) is 91.1 Å². The Labute approximate surface area is 192 Å². The van der Waals surface area contributed by atoms with Crippen molar-refractivity contribution < 1.29 is 23.4 Å². The van der Waals surface area contributed by atoms with Crippen molar-refractivity contribution in [3.63, 3.8) is 0 Å². The Balaban J connectivity index is 1.43. The van der Waals surface area contributed by atoms with Gasteiger partial charge in [0.1, 0.15) is 12.1 Å². The minimum absolute atomic E-state index is 0.0722. The van der Waals surface area contributed by atoms with Crippen molar-refractivity contribution in [3.8, 4) is 0 Å². The van der Waals surface area contributed by atoms with Gasteiger partial charge in [-0.2, -0.15) is 0 Å². The number of ether oxygens (including phenoxy) is 1. The molecule has 1 aromatic carbocycles. The molecule has 1 aliphatic rings. The van der Waals surface area contributed by atoms with E-state index < -0.39 is 17.8 Å². The van der Waals surface area contributed by atoms with Gasteiger partial charge in [0.25, 0.3) is 5.91 Å². The molecule has 0 radical (unpaired) electrons. The van der Waals surface area contributed by atoms with E-state index in [1.807, 2.05) is 20.8 Å². The molecule has 10 heteroatoms. The van der Waals surface area contributed by atoms with Gasteiger partial charge in [-0.1, -0.05) is 11.6 Å². The number of nitrogens with one attached hydrogen (secondary N) is 1. The van der Waals surface area contributed by atoms with Crippen LogP contribution in [0.2, 0.25) is 5.02 Å². The number of amides is 1. The average molecular weight is 469 g/mol. The number of halogens is 2. The predicted octanol–water partition coefficient (Wildman–Crippen LogP) is 3.01. The Bertz CT molecular complexity index is 910. The standard InChI is InChI=1S/C22H30ClFN4O4/c1-22(2,3)32-13-16(29)11-27-6-8-28(9-7-27)12-20-26-19(14-31-20)21(30)25-15-4-5-18(24)17(23)10-15/h4-5,10,14,16,29H,6-9,11-13H2,1-3H3,(H,25,30). The summed E-state index contributed by atoms with van der Waals surface area (Å²) in [6.07, 6.45) is 0.780. The monoisotopic (exact) mass is 468 g/mol. The molecule has 3 rings (SSSR count). The summed E-state index contributed by atoms with van der Waals surface area (Å²) in [7, 11) is 0. The molecule has 0 bridgehead atoms. The van der Waals surface area contributed by atoms with Gasteiger partial charge in [0.2, 0.25) is 5.89 Å². The number of carbonyl (C=O) groups is 1. The van der Waals surface area contributed by atoms with Crippen molar-refractivity contribution in [1.82, 2.24) is 14.8 Å². The SMILES string of the molecule is CC(C)(C)OCC(O)CN1CCN(Cc2nc(C(=O)Nc3ccc(F)c(Cl)c3)co2)CC1. The van der Waals surface area contributed by atoms with Crippen LogP contribution < -0.4 is 5.32 Å². The maximum absolute atomic E-state index is 13.3. The number of benzene rings is 1. The highest BCUT2D eigenvalue weighted by molar-refractivity contribution is 6.31. The lowest BCUT2D eigenvalue weighted by atomic mass is 10.2. The highest BCUT2D eigenvalue weighted by Crippen LogP contribution is 2.20. The Hall–Kier alpha value is -2.04. The van der Waals surface area contributed by atoms with Crippen molar-refractivity contribution in [2.45, 2.75) is 39.0 Å². The summed E-state index contributed by atoms with van der Waals surface area (Å²) >= 11 is 5.74. The van der Waals surface area contributed by atoms with Crippen LogP contribution in [0.25, 0.3) is 0 Å². The van der Waals surface area contributed by atoms with Crippen LogP contribution in [0.4, 0.5) is 10.1 Å². The maximum atomic E-state index is 13.3. The van der Waals surface area contributed by atoms with Crippen LogP contribution in [0.3, 0.4) is 0 Å². The zero-order valence-corrected chi connectivity index (χ0v) is 19.4. The van der Waals surface area contributed by atoms with E-state index in [2.05, 4.69) is 20.1 Å². The number of oxazole rings is 1. The molecule has 32 heavy (non-hydrogen) atoms. The number of aromatic nitrogens is 1. The van der Waals surface area contributed by atoms with Gasteiger partial charge < -0.3 is 19.6 Å². The summed E-state index contributed by atoms with van der Waals surface area (Å²) < 4.78 is 24.3. The molecule has 1 unspecified atom stereocenters. The molecule has 1 aromatic heterocycles. The van der Waals surface area contributed by atoms with E-state index in [0.717, 1.165) is 26.2 Å². The lowest BCUT2D eigenvalue weighted by molar-refractivity contribution is -0.0588. The van der Waals surface area contributed by atoms with Crippen LogP contribution in [-0.4, -0.2) is 76.8 Å². The van der Waals surface area contributed by atoms with Gasteiger partial charge in [0.05, 0.1) is 29.9 Å². The average Bonchev–Trinajstić information content (AvgIpc) is 3.19. The Morgan fingerprint density at radius 1 is 1.31 bits per heavy atom. The smallest absolute Gasteiger partial charge is 0.277 e. The van der Waals surface area contributed by atoms with E-state index in [1.165, 1.54) is 24.5 Å². The lowest BCUT2D eigenvalue weighted by Crippen LogP contribution is -2.49. The number of piperazine rings is 1. The second kappa shape index (κ2) is 10.7. The fourth-order valence-electron chi connectivity index (χ4n) is 3.28. The molecule has 0 saturated carbocycles. The summed E-state index contributed by atoms with van der Waals surface area (Å²) in [5, 5.41) is 12.7. The van der Waals surface area contributed by atoms with Gasteiger partial charge >= 0.3 is 0 Å². The number of anilines is 1. The Kier molecular flexibility index (Phi) is 8.24. The summed E-state index contributed by atoms with van der Waals surface area (Å²) in [5.74, 6) is -0.570. The fourth-order valence-corrected chi connectivity index (χ4v) is 3.46. The van der Waals surface area contributed by atoms with Crippen molar-refractivity contribution in [2.75, 3.05) is 44.6 Å². The van der Waals surface area contributed by atoms with E-state index in [4.69, 9.17) is 20.8 Å². The van der Waals surface area contributed by atoms with Crippen LogP contribution in [0.1, 0.15) is 37.2 Å². The molecule has 1 amide bonds. The zero-order chi connectivity index (χ0) is 23.3. The first-order valence-electron chi connectivity index (χ1n) is 10.6. The number of aliphatic hydroxyl groups is 1. The third-order valence-electron chi connectivity index (χ3n) is 4.96. The third kappa shape index (κ3) is 7.53. The van der Waals surface area contributed by atoms with E-state index in [1.54, 1.807) is 0 Å². The molecule has 2 aromatic rings. The molecule has 0 aliphatic carbocycles.